The number of aliphatic carboxylic acids is 1. The summed E-state index contributed by atoms with van der Waals surface area (Å²) in [4.78, 5) is 37.4. The van der Waals surface area contributed by atoms with E-state index in [4.69, 9.17) is 14.9 Å². The standard InChI is InChI=1S/C24H28N2O6/c1-2-7-21(23(30)26(12-13-27)14-22(28)29)25-24(31)32-15-20-18-10-5-3-8-16(18)17-9-4-6-11-19(17)20/h3-6,8-11,20-21,27H,2,7,12-15H2,1H3,(H,25,31)(H,28,29). The molecule has 0 fully saturated rings. The maximum Gasteiger partial charge on any atom is 0.407 e. The van der Waals surface area contributed by atoms with Crippen LogP contribution < -0.4 is 5.32 Å². The molecule has 0 aromatic heterocycles. The fourth-order valence-corrected chi connectivity index (χ4v) is 4.10. The molecule has 3 N–H and O–H groups in total. The highest BCUT2D eigenvalue weighted by Gasteiger charge is 2.30. The van der Waals surface area contributed by atoms with Crippen molar-refractivity contribution in [1.82, 2.24) is 10.2 Å². The zero-order valence-corrected chi connectivity index (χ0v) is 18.0. The average Bonchev–Trinajstić information content (AvgIpc) is 3.10. The number of aliphatic hydroxyl groups is 1. The second-order valence-corrected chi connectivity index (χ2v) is 7.69. The third-order valence-electron chi connectivity index (χ3n) is 5.52. The van der Waals surface area contributed by atoms with E-state index in [0.717, 1.165) is 27.2 Å². The molecule has 1 atom stereocenters. The van der Waals surface area contributed by atoms with E-state index in [2.05, 4.69) is 5.32 Å². The largest absolute Gasteiger partial charge is 0.480 e. The predicted octanol–water partition coefficient (Wildman–Crippen LogP) is 2.60. The third kappa shape index (κ3) is 5.26. The Hall–Kier alpha value is -3.39. The van der Waals surface area contributed by atoms with E-state index < -0.39 is 30.6 Å². The van der Waals surface area contributed by atoms with Crippen LogP contribution in [0.25, 0.3) is 11.1 Å². The van der Waals surface area contributed by atoms with Crippen molar-refractivity contribution in [2.45, 2.75) is 31.7 Å². The number of rotatable bonds is 10. The molecule has 3 rings (SSSR count). The summed E-state index contributed by atoms with van der Waals surface area (Å²) in [6, 6.07) is 15.0. The lowest BCUT2D eigenvalue weighted by molar-refractivity contribution is -0.145. The number of amides is 2. The molecule has 0 radical (unpaired) electrons. The van der Waals surface area contributed by atoms with Gasteiger partial charge in [0.2, 0.25) is 5.91 Å². The van der Waals surface area contributed by atoms with E-state index in [1.165, 1.54) is 0 Å². The van der Waals surface area contributed by atoms with Gasteiger partial charge in [-0.25, -0.2) is 4.79 Å². The van der Waals surface area contributed by atoms with Gasteiger partial charge in [0.05, 0.1) is 6.61 Å². The molecule has 2 amide bonds. The Morgan fingerprint density at radius 1 is 1.06 bits per heavy atom. The van der Waals surface area contributed by atoms with Gasteiger partial charge in [-0.1, -0.05) is 61.9 Å². The normalized spacial score (nSPS) is 13.1. The number of carboxylic acids is 1. The number of alkyl carbamates (subject to hydrolysis) is 1. The summed E-state index contributed by atoms with van der Waals surface area (Å²) < 4.78 is 5.50. The van der Waals surface area contributed by atoms with Gasteiger partial charge in [0.25, 0.3) is 0 Å². The SMILES string of the molecule is CCCC(NC(=O)OCC1c2ccccc2-c2ccccc21)C(=O)N(CCO)CC(=O)O. The van der Waals surface area contributed by atoms with Crippen LogP contribution >= 0.6 is 0 Å². The summed E-state index contributed by atoms with van der Waals surface area (Å²) in [5.74, 6) is -1.86. The lowest BCUT2D eigenvalue weighted by atomic mass is 9.98. The Morgan fingerprint density at radius 2 is 1.66 bits per heavy atom. The van der Waals surface area contributed by atoms with Crippen LogP contribution in [0.5, 0.6) is 0 Å². The maximum atomic E-state index is 12.8. The lowest BCUT2D eigenvalue weighted by Gasteiger charge is -2.26. The average molecular weight is 440 g/mol. The number of hydrogen-bond donors (Lipinski definition) is 3. The monoisotopic (exact) mass is 440 g/mol. The van der Waals surface area contributed by atoms with Crippen LogP contribution in [-0.4, -0.2) is 65.4 Å². The van der Waals surface area contributed by atoms with Crippen molar-refractivity contribution in [3.8, 4) is 11.1 Å². The fourth-order valence-electron chi connectivity index (χ4n) is 4.10. The quantitative estimate of drug-likeness (QED) is 0.523. The minimum Gasteiger partial charge on any atom is -0.480 e. The Labute approximate surface area is 186 Å². The summed E-state index contributed by atoms with van der Waals surface area (Å²) in [6.07, 6.45) is 0.183. The zero-order chi connectivity index (χ0) is 23.1. The number of benzene rings is 2. The van der Waals surface area contributed by atoms with Gasteiger partial charge in [-0.2, -0.15) is 0 Å². The number of carboxylic acid groups (broad SMARTS) is 1. The molecule has 1 aliphatic carbocycles. The van der Waals surface area contributed by atoms with Crippen LogP contribution in [0, 0.1) is 0 Å². The number of fused-ring (bicyclic) bond motifs is 3. The summed E-state index contributed by atoms with van der Waals surface area (Å²) in [5.41, 5.74) is 4.39. The van der Waals surface area contributed by atoms with Gasteiger partial charge < -0.3 is 25.2 Å². The van der Waals surface area contributed by atoms with Crippen molar-refractivity contribution in [2.75, 3.05) is 26.3 Å². The first-order chi connectivity index (χ1) is 15.5. The third-order valence-corrected chi connectivity index (χ3v) is 5.52. The lowest BCUT2D eigenvalue weighted by Crippen LogP contribution is -2.50. The molecular weight excluding hydrogens is 412 g/mol. The molecule has 1 aliphatic rings. The first-order valence-electron chi connectivity index (χ1n) is 10.7. The Balaban J connectivity index is 1.67. The molecule has 1 unspecified atom stereocenters. The maximum absolute atomic E-state index is 12.8. The first-order valence-corrected chi connectivity index (χ1v) is 10.7. The molecule has 0 spiro atoms. The molecule has 0 bridgehead atoms. The number of nitrogens with one attached hydrogen (secondary N) is 1. The van der Waals surface area contributed by atoms with Gasteiger partial charge in [0, 0.05) is 12.5 Å². The van der Waals surface area contributed by atoms with Crippen LogP contribution in [-0.2, 0) is 14.3 Å². The Kier molecular flexibility index (Phi) is 7.83. The van der Waals surface area contributed by atoms with Crippen LogP contribution in [0.4, 0.5) is 4.79 Å². The van der Waals surface area contributed by atoms with Crippen LogP contribution in [0.3, 0.4) is 0 Å². The van der Waals surface area contributed by atoms with E-state index in [1.54, 1.807) is 0 Å². The molecular formula is C24H28N2O6. The van der Waals surface area contributed by atoms with Gasteiger partial charge in [0.1, 0.15) is 19.2 Å². The summed E-state index contributed by atoms with van der Waals surface area (Å²) >= 11 is 0. The van der Waals surface area contributed by atoms with Crippen molar-refractivity contribution in [3.63, 3.8) is 0 Å². The molecule has 8 nitrogen and oxygen atoms in total. The van der Waals surface area contributed by atoms with Crippen molar-refractivity contribution >= 4 is 18.0 Å². The first kappa shape index (κ1) is 23.3. The highest BCUT2D eigenvalue weighted by molar-refractivity contribution is 5.88. The number of aliphatic hydroxyl groups excluding tert-OH is 1. The van der Waals surface area contributed by atoms with Crippen molar-refractivity contribution in [1.29, 1.82) is 0 Å². The molecule has 32 heavy (non-hydrogen) atoms. The van der Waals surface area contributed by atoms with Crippen LogP contribution in [0.2, 0.25) is 0 Å². The molecule has 170 valence electrons. The van der Waals surface area contributed by atoms with Gasteiger partial charge in [-0.3, -0.25) is 9.59 Å². The number of ether oxygens (including phenoxy) is 1. The highest BCUT2D eigenvalue weighted by atomic mass is 16.5. The van der Waals surface area contributed by atoms with Crippen molar-refractivity contribution in [3.05, 3.63) is 59.7 Å². The highest BCUT2D eigenvalue weighted by Crippen LogP contribution is 2.44. The molecule has 0 heterocycles. The predicted molar refractivity (Wildman–Crippen MR) is 118 cm³/mol. The molecule has 2 aromatic carbocycles. The number of carbonyl (C=O) groups is 3. The van der Waals surface area contributed by atoms with Crippen LogP contribution in [0.15, 0.2) is 48.5 Å². The van der Waals surface area contributed by atoms with Crippen LogP contribution in [0.1, 0.15) is 36.8 Å². The number of nitrogens with zero attached hydrogens (tertiary/aromatic N) is 1. The number of carbonyl (C=O) groups excluding carboxylic acids is 2. The summed E-state index contributed by atoms with van der Waals surface area (Å²) in [7, 11) is 0. The molecule has 8 heteroatoms. The van der Waals surface area contributed by atoms with E-state index in [1.807, 2.05) is 55.5 Å². The second kappa shape index (κ2) is 10.8. The van der Waals surface area contributed by atoms with E-state index >= 15 is 0 Å². The fraction of sp³-hybridized carbons (Fsp3) is 0.375. The minimum atomic E-state index is -1.19. The zero-order valence-electron chi connectivity index (χ0n) is 18.0. The smallest absolute Gasteiger partial charge is 0.407 e. The van der Waals surface area contributed by atoms with Crippen molar-refractivity contribution < 1.29 is 29.3 Å². The molecule has 0 saturated carbocycles. The molecule has 0 aliphatic heterocycles. The summed E-state index contributed by atoms with van der Waals surface area (Å²) in [6.45, 7) is 0.919. The minimum absolute atomic E-state index is 0.105. The van der Waals surface area contributed by atoms with Crippen molar-refractivity contribution in [2.24, 2.45) is 0 Å². The van der Waals surface area contributed by atoms with Gasteiger partial charge in [-0.15, -0.1) is 0 Å². The van der Waals surface area contributed by atoms with E-state index in [-0.39, 0.29) is 25.7 Å². The van der Waals surface area contributed by atoms with Gasteiger partial charge >= 0.3 is 12.1 Å². The molecule has 0 saturated heterocycles. The van der Waals surface area contributed by atoms with Gasteiger partial charge in [-0.05, 0) is 28.7 Å². The van der Waals surface area contributed by atoms with Gasteiger partial charge in [0.15, 0.2) is 0 Å². The summed E-state index contributed by atoms with van der Waals surface area (Å²) in [5, 5.41) is 20.8. The Morgan fingerprint density at radius 3 is 2.19 bits per heavy atom. The van der Waals surface area contributed by atoms with E-state index in [9.17, 15) is 14.4 Å². The van der Waals surface area contributed by atoms with E-state index in [0.29, 0.717) is 12.8 Å². The topological polar surface area (TPSA) is 116 Å². The molecule has 2 aromatic rings. The second-order valence-electron chi connectivity index (χ2n) is 7.69. The Bertz CT molecular complexity index is 931. The number of hydrogen-bond acceptors (Lipinski definition) is 5.